The van der Waals surface area contributed by atoms with E-state index in [4.69, 9.17) is 12.2 Å². The van der Waals surface area contributed by atoms with Gasteiger partial charge in [0.25, 0.3) is 0 Å². The lowest BCUT2D eigenvalue weighted by Crippen LogP contribution is -2.44. The number of hydrogen-bond donors (Lipinski definition) is 1. The molecule has 2 aromatic rings. The second kappa shape index (κ2) is 10.4. The standard InChI is InChI=1S/C23H31N3S/c1-19-10-7-8-12-21(19)18-26(17-20-11-9-15-24-16-20)23(27)25-22-13-5-3-2-4-6-14-22/h7-12,15-16,22H,2-6,13-14,17-18H2,1H3,(H,25,27). The van der Waals surface area contributed by atoms with Crippen molar-refractivity contribution in [3.05, 3.63) is 65.5 Å². The van der Waals surface area contributed by atoms with Gasteiger partial charge in [-0.3, -0.25) is 4.98 Å². The molecule has 4 heteroatoms. The average Bonchev–Trinajstić information content (AvgIpc) is 2.66. The van der Waals surface area contributed by atoms with E-state index in [2.05, 4.69) is 52.5 Å². The highest BCUT2D eigenvalue weighted by Crippen LogP contribution is 2.19. The maximum atomic E-state index is 5.87. The molecule has 1 aromatic carbocycles. The fourth-order valence-corrected chi connectivity index (χ4v) is 4.07. The Kier molecular flexibility index (Phi) is 7.64. The van der Waals surface area contributed by atoms with Crippen molar-refractivity contribution in [1.82, 2.24) is 15.2 Å². The molecule has 0 radical (unpaired) electrons. The highest BCUT2D eigenvalue weighted by atomic mass is 32.1. The minimum atomic E-state index is 0.506. The third kappa shape index (κ3) is 6.31. The van der Waals surface area contributed by atoms with Crippen LogP contribution in [0.4, 0.5) is 0 Å². The number of rotatable bonds is 5. The van der Waals surface area contributed by atoms with Crippen LogP contribution in [0.5, 0.6) is 0 Å². The number of aromatic nitrogens is 1. The van der Waals surface area contributed by atoms with E-state index in [1.807, 2.05) is 18.5 Å². The van der Waals surface area contributed by atoms with Gasteiger partial charge in [-0.2, -0.15) is 0 Å². The van der Waals surface area contributed by atoms with Gasteiger partial charge in [-0.25, -0.2) is 0 Å². The van der Waals surface area contributed by atoms with Gasteiger partial charge in [0.2, 0.25) is 0 Å². The maximum Gasteiger partial charge on any atom is 0.169 e. The number of pyridine rings is 1. The molecule has 1 N–H and O–H groups in total. The van der Waals surface area contributed by atoms with Crippen molar-refractivity contribution in [3.63, 3.8) is 0 Å². The van der Waals surface area contributed by atoms with Crippen LogP contribution in [-0.4, -0.2) is 21.0 Å². The lowest BCUT2D eigenvalue weighted by Gasteiger charge is -2.30. The molecule has 3 nitrogen and oxygen atoms in total. The molecule has 0 aliphatic heterocycles. The van der Waals surface area contributed by atoms with E-state index in [1.165, 1.54) is 61.6 Å². The van der Waals surface area contributed by atoms with Crippen LogP contribution >= 0.6 is 12.2 Å². The number of nitrogens with one attached hydrogen (secondary N) is 1. The zero-order chi connectivity index (χ0) is 18.9. The molecule has 0 bridgehead atoms. The van der Waals surface area contributed by atoms with Gasteiger partial charge in [-0.15, -0.1) is 0 Å². The quantitative estimate of drug-likeness (QED) is 0.704. The van der Waals surface area contributed by atoms with Crippen LogP contribution in [0.2, 0.25) is 0 Å². The molecule has 0 atom stereocenters. The average molecular weight is 382 g/mol. The van der Waals surface area contributed by atoms with Gasteiger partial charge in [-0.05, 0) is 54.7 Å². The van der Waals surface area contributed by atoms with Crippen LogP contribution < -0.4 is 5.32 Å². The number of thiocarbonyl (C=S) groups is 1. The van der Waals surface area contributed by atoms with E-state index < -0.39 is 0 Å². The van der Waals surface area contributed by atoms with Gasteiger partial charge in [0.1, 0.15) is 0 Å². The van der Waals surface area contributed by atoms with Crippen molar-refractivity contribution in [1.29, 1.82) is 0 Å². The first kappa shape index (κ1) is 19.8. The lowest BCUT2D eigenvalue weighted by atomic mass is 9.97. The van der Waals surface area contributed by atoms with Gasteiger partial charge in [-0.1, -0.05) is 62.4 Å². The summed E-state index contributed by atoms with van der Waals surface area (Å²) in [6, 6.07) is 13.2. The molecule has 3 rings (SSSR count). The summed E-state index contributed by atoms with van der Waals surface area (Å²) >= 11 is 5.87. The van der Waals surface area contributed by atoms with Crippen molar-refractivity contribution in [2.45, 2.75) is 71.0 Å². The number of hydrogen-bond acceptors (Lipinski definition) is 2. The summed E-state index contributed by atoms with van der Waals surface area (Å²) in [5, 5.41) is 4.55. The van der Waals surface area contributed by atoms with Gasteiger partial charge in [0, 0.05) is 31.5 Å². The first-order chi connectivity index (χ1) is 13.2. The van der Waals surface area contributed by atoms with Crippen molar-refractivity contribution in [2.24, 2.45) is 0 Å². The van der Waals surface area contributed by atoms with E-state index >= 15 is 0 Å². The summed E-state index contributed by atoms with van der Waals surface area (Å²) in [7, 11) is 0. The van der Waals surface area contributed by atoms with Gasteiger partial charge in [0.05, 0.1) is 0 Å². The Hall–Kier alpha value is -1.94. The van der Waals surface area contributed by atoms with Gasteiger partial charge in [0.15, 0.2) is 5.11 Å². The Bertz CT molecular complexity index is 709. The van der Waals surface area contributed by atoms with E-state index in [-0.39, 0.29) is 0 Å². The molecule has 0 unspecified atom stereocenters. The molecule has 1 aliphatic rings. The Balaban J connectivity index is 1.71. The number of aryl methyl sites for hydroxylation is 1. The first-order valence-corrected chi connectivity index (χ1v) is 10.6. The zero-order valence-corrected chi connectivity index (χ0v) is 17.2. The normalized spacial score (nSPS) is 15.6. The first-order valence-electron chi connectivity index (χ1n) is 10.2. The molecule has 144 valence electrons. The fraction of sp³-hybridized carbons (Fsp3) is 0.478. The highest BCUT2D eigenvalue weighted by Gasteiger charge is 2.17. The van der Waals surface area contributed by atoms with Gasteiger partial charge >= 0.3 is 0 Å². The minimum absolute atomic E-state index is 0.506. The summed E-state index contributed by atoms with van der Waals surface area (Å²) in [5.41, 5.74) is 3.82. The Morgan fingerprint density at radius 2 is 1.78 bits per heavy atom. The fourth-order valence-electron chi connectivity index (χ4n) is 3.77. The van der Waals surface area contributed by atoms with Crippen LogP contribution in [0, 0.1) is 6.92 Å². The third-order valence-electron chi connectivity index (χ3n) is 5.44. The van der Waals surface area contributed by atoms with E-state index in [1.54, 1.807) is 0 Å². The second-order valence-electron chi connectivity index (χ2n) is 7.64. The molecule has 0 spiro atoms. The van der Waals surface area contributed by atoms with E-state index in [9.17, 15) is 0 Å². The Morgan fingerprint density at radius 1 is 1.04 bits per heavy atom. The highest BCUT2D eigenvalue weighted by molar-refractivity contribution is 7.80. The van der Waals surface area contributed by atoms with E-state index in [0.717, 1.165) is 18.2 Å². The maximum absolute atomic E-state index is 5.87. The van der Waals surface area contributed by atoms with Crippen LogP contribution in [0.15, 0.2) is 48.8 Å². The Morgan fingerprint density at radius 3 is 2.48 bits per heavy atom. The number of nitrogens with zero attached hydrogens (tertiary/aromatic N) is 2. The molecule has 0 saturated heterocycles. The van der Waals surface area contributed by atoms with Gasteiger partial charge < -0.3 is 10.2 Å². The minimum Gasteiger partial charge on any atom is -0.360 e. The third-order valence-corrected chi connectivity index (χ3v) is 5.81. The number of benzene rings is 1. The zero-order valence-electron chi connectivity index (χ0n) is 16.4. The van der Waals surface area contributed by atoms with Crippen molar-refractivity contribution in [3.8, 4) is 0 Å². The Labute approximate surface area is 169 Å². The largest absolute Gasteiger partial charge is 0.360 e. The lowest BCUT2D eigenvalue weighted by molar-refractivity contribution is 0.369. The summed E-state index contributed by atoms with van der Waals surface area (Å²) in [6.07, 6.45) is 12.9. The topological polar surface area (TPSA) is 28.2 Å². The second-order valence-corrected chi connectivity index (χ2v) is 8.02. The summed E-state index contributed by atoms with van der Waals surface area (Å²) < 4.78 is 0. The summed E-state index contributed by atoms with van der Waals surface area (Å²) in [5.74, 6) is 0. The molecule has 1 saturated carbocycles. The van der Waals surface area contributed by atoms with Crippen LogP contribution in [0.3, 0.4) is 0 Å². The molecule has 1 aromatic heterocycles. The van der Waals surface area contributed by atoms with Crippen molar-refractivity contribution in [2.75, 3.05) is 0 Å². The molecular formula is C23H31N3S. The molecule has 1 fully saturated rings. The molecular weight excluding hydrogens is 350 g/mol. The summed E-state index contributed by atoms with van der Waals surface area (Å²) in [4.78, 5) is 6.55. The predicted octanol–water partition coefficient (Wildman–Crippen LogP) is 5.38. The molecule has 27 heavy (non-hydrogen) atoms. The monoisotopic (exact) mass is 381 g/mol. The van der Waals surface area contributed by atoms with Crippen molar-refractivity contribution >= 4 is 17.3 Å². The van der Waals surface area contributed by atoms with Crippen LogP contribution in [0.25, 0.3) is 0 Å². The molecule has 0 amide bonds. The van der Waals surface area contributed by atoms with E-state index in [0.29, 0.717) is 6.04 Å². The van der Waals surface area contributed by atoms with Crippen LogP contribution in [0.1, 0.15) is 61.6 Å². The smallest absolute Gasteiger partial charge is 0.169 e. The molecule has 1 heterocycles. The SMILES string of the molecule is Cc1ccccc1CN(Cc1cccnc1)C(=S)NC1CCCCCCC1. The summed E-state index contributed by atoms with van der Waals surface area (Å²) in [6.45, 7) is 3.77. The molecule has 1 aliphatic carbocycles. The predicted molar refractivity (Wildman–Crippen MR) is 117 cm³/mol. The van der Waals surface area contributed by atoms with Crippen LogP contribution in [-0.2, 0) is 13.1 Å². The van der Waals surface area contributed by atoms with Crippen molar-refractivity contribution < 1.29 is 0 Å².